The zero-order valence-corrected chi connectivity index (χ0v) is 14.3. The summed E-state index contributed by atoms with van der Waals surface area (Å²) in [6.45, 7) is 1.24. The fourth-order valence-electron chi connectivity index (χ4n) is 3.05. The van der Waals surface area contributed by atoms with Gasteiger partial charge in [-0.05, 0) is 12.5 Å². The van der Waals surface area contributed by atoms with Gasteiger partial charge in [0.2, 0.25) is 0 Å². The molecule has 24 heavy (non-hydrogen) atoms. The molecule has 1 fully saturated rings. The molecule has 1 saturated heterocycles. The zero-order valence-electron chi connectivity index (χ0n) is 14.3. The number of hydrogen-bond acceptors (Lipinski definition) is 5. The topological polar surface area (TPSA) is 72.3 Å². The Bertz CT molecular complexity index is 713. The maximum absolute atomic E-state index is 12.5. The Kier molecular flexibility index (Phi) is 4.80. The van der Waals surface area contributed by atoms with Crippen LogP contribution in [0.2, 0.25) is 0 Å². The molecular weight excluding hydrogens is 306 g/mol. The number of anilines is 1. The molecule has 128 valence electrons. The Morgan fingerprint density at radius 3 is 3.00 bits per heavy atom. The van der Waals surface area contributed by atoms with Crippen LogP contribution in [0.3, 0.4) is 0 Å². The number of aryl methyl sites for hydroxylation is 1. The van der Waals surface area contributed by atoms with Crippen molar-refractivity contribution < 1.29 is 9.53 Å². The van der Waals surface area contributed by atoms with Gasteiger partial charge in [-0.1, -0.05) is 0 Å². The molecule has 7 heteroatoms. The van der Waals surface area contributed by atoms with Crippen LogP contribution in [-0.2, 0) is 11.8 Å². The molecule has 0 saturated carbocycles. The minimum atomic E-state index is -0.114. The molecule has 0 unspecified atom stereocenters. The quantitative estimate of drug-likeness (QED) is 0.897. The van der Waals surface area contributed by atoms with Crippen molar-refractivity contribution in [2.45, 2.75) is 12.5 Å². The van der Waals surface area contributed by atoms with E-state index in [-0.39, 0.29) is 17.9 Å². The third-order valence-electron chi connectivity index (χ3n) is 4.38. The fraction of sp³-hybridized carbons (Fsp3) is 0.471. The summed E-state index contributed by atoms with van der Waals surface area (Å²) in [5, 5.41) is 3.02. The van der Waals surface area contributed by atoms with Gasteiger partial charge in [0.25, 0.3) is 5.91 Å². The predicted molar refractivity (Wildman–Crippen MR) is 90.9 cm³/mol. The summed E-state index contributed by atoms with van der Waals surface area (Å²) in [5.41, 5.74) is 1.43. The van der Waals surface area contributed by atoms with Crippen LogP contribution in [0.5, 0.6) is 0 Å². The van der Waals surface area contributed by atoms with Crippen molar-refractivity contribution in [1.29, 1.82) is 0 Å². The molecule has 3 heterocycles. The van der Waals surface area contributed by atoms with Crippen LogP contribution >= 0.6 is 0 Å². The number of imidazole rings is 1. The normalized spacial score (nSPS) is 20.1. The van der Waals surface area contributed by atoms with Gasteiger partial charge in [0.1, 0.15) is 11.9 Å². The molecule has 0 spiro atoms. The van der Waals surface area contributed by atoms with Crippen LogP contribution in [0.1, 0.15) is 28.7 Å². The lowest BCUT2D eigenvalue weighted by Gasteiger charge is -2.20. The summed E-state index contributed by atoms with van der Waals surface area (Å²) in [5.74, 6) is 1.01. The first-order valence-electron chi connectivity index (χ1n) is 8.06. The molecule has 1 N–H and O–H groups in total. The van der Waals surface area contributed by atoms with Crippen molar-refractivity contribution in [3.63, 3.8) is 0 Å². The first-order valence-corrected chi connectivity index (χ1v) is 8.06. The number of ether oxygens (including phenoxy) is 1. The molecule has 1 aliphatic heterocycles. The van der Waals surface area contributed by atoms with Gasteiger partial charge in [-0.25, -0.2) is 4.98 Å². The smallest absolute Gasteiger partial charge is 0.254 e. The summed E-state index contributed by atoms with van der Waals surface area (Å²) in [7, 11) is 5.78. The first kappa shape index (κ1) is 16.4. The summed E-state index contributed by atoms with van der Waals surface area (Å²) in [6, 6.07) is 1.84. The van der Waals surface area contributed by atoms with E-state index in [2.05, 4.69) is 15.3 Å². The Labute approximate surface area is 141 Å². The maximum atomic E-state index is 12.5. The highest BCUT2D eigenvalue weighted by Gasteiger charge is 2.32. The van der Waals surface area contributed by atoms with Crippen LogP contribution in [-0.4, -0.2) is 47.7 Å². The van der Waals surface area contributed by atoms with Crippen LogP contribution < -0.4 is 10.2 Å². The Hall–Kier alpha value is -2.41. The second kappa shape index (κ2) is 7.00. The Morgan fingerprint density at radius 1 is 1.46 bits per heavy atom. The lowest BCUT2D eigenvalue weighted by molar-refractivity contribution is 0.0780. The van der Waals surface area contributed by atoms with Crippen molar-refractivity contribution >= 4 is 11.6 Å². The lowest BCUT2D eigenvalue weighted by atomic mass is 10.0. The Morgan fingerprint density at radius 2 is 2.29 bits per heavy atom. The van der Waals surface area contributed by atoms with Crippen molar-refractivity contribution in [3.8, 4) is 0 Å². The average molecular weight is 329 g/mol. The van der Waals surface area contributed by atoms with E-state index in [1.54, 1.807) is 18.6 Å². The molecular formula is C17H23N5O2. The van der Waals surface area contributed by atoms with Crippen LogP contribution in [0.25, 0.3) is 0 Å². The van der Waals surface area contributed by atoms with Crippen LogP contribution in [0.15, 0.2) is 30.9 Å². The molecule has 2 atom stereocenters. The fourth-order valence-corrected chi connectivity index (χ4v) is 3.05. The number of pyridine rings is 1. The standard InChI is InChI=1S/C17H23N5O2/c1-21(2)14-4-6-18-11-13(14)17(23)20-10-12-5-9-24-15(12)16-19-7-8-22(16)3/h4,6-8,11-12,15H,5,9-10H2,1-3H3,(H,20,23)/t12-,15+/m0/s1. The van der Waals surface area contributed by atoms with Gasteiger partial charge < -0.3 is 19.5 Å². The number of nitrogens with zero attached hydrogens (tertiary/aromatic N) is 4. The van der Waals surface area contributed by atoms with E-state index in [1.807, 2.05) is 42.9 Å². The van der Waals surface area contributed by atoms with E-state index in [4.69, 9.17) is 4.74 Å². The Balaban J connectivity index is 1.67. The molecule has 0 aromatic carbocycles. The molecule has 2 aromatic rings. The van der Waals surface area contributed by atoms with Gasteiger partial charge >= 0.3 is 0 Å². The van der Waals surface area contributed by atoms with E-state index < -0.39 is 0 Å². The summed E-state index contributed by atoms with van der Waals surface area (Å²) < 4.78 is 7.80. The third-order valence-corrected chi connectivity index (χ3v) is 4.38. The second-order valence-corrected chi connectivity index (χ2v) is 6.23. The number of aromatic nitrogens is 3. The van der Waals surface area contributed by atoms with Crippen molar-refractivity contribution in [3.05, 3.63) is 42.2 Å². The zero-order chi connectivity index (χ0) is 17.1. The van der Waals surface area contributed by atoms with Crippen molar-refractivity contribution in [2.75, 3.05) is 32.1 Å². The third kappa shape index (κ3) is 3.26. The monoisotopic (exact) mass is 329 g/mol. The molecule has 1 amide bonds. The molecule has 0 radical (unpaired) electrons. The predicted octanol–water partition coefficient (Wildman–Crippen LogP) is 1.39. The highest BCUT2D eigenvalue weighted by molar-refractivity contribution is 5.99. The highest BCUT2D eigenvalue weighted by Crippen LogP contribution is 2.33. The van der Waals surface area contributed by atoms with E-state index in [9.17, 15) is 4.79 Å². The van der Waals surface area contributed by atoms with Crippen LogP contribution in [0, 0.1) is 5.92 Å². The molecule has 0 bridgehead atoms. The minimum Gasteiger partial charge on any atom is -0.377 e. The van der Waals surface area contributed by atoms with Gasteiger partial charge in [-0.3, -0.25) is 9.78 Å². The number of rotatable bonds is 5. The summed E-state index contributed by atoms with van der Waals surface area (Å²) >= 11 is 0. The van der Waals surface area contributed by atoms with E-state index in [1.165, 1.54) is 0 Å². The van der Waals surface area contributed by atoms with Gasteiger partial charge in [0.05, 0.1) is 11.3 Å². The van der Waals surface area contributed by atoms with Gasteiger partial charge in [-0.15, -0.1) is 0 Å². The van der Waals surface area contributed by atoms with Crippen molar-refractivity contribution in [2.24, 2.45) is 13.0 Å². The largest absolute Gasteiger partial charge is 0.377 e. The first-order chi connectivity index (χ1) is 11.6. The van der Waals surface area contributed by atoms with E-state index in [0.29, 0.717) is 18.7 Å². The molecule has 0 aliphatic carbocycles. The number of hydrogen-bond donors (Lipinski definition) is 1. The highest BCUT2D eigenvalue weighted by atomic mass is 16.5. The van der Waals surface area contributed by atoms with Crippen molar-refractivity contribution in [1.82, 2.24) is 19.9 Å². The number of amides is 1. The van der Waals surface area contributed by atoms with Gasteiger partial charge in [0, 0.05) is 65.0 Å². The van der Waals surface area contributed by atoms with E-state index in [0.717, 1.165) is 17.9 Å². The number of carbonyl (C=O) groups excluding carboxylic acids is 1. The average Bonchev–Trinajstić information content (AvgIpc) is 3.20. The molecule has 1 aliphatic rings. The van der Waals surface area contributed by atoms with Gasteiger partial charge in [-0.2, -0.15) is 0 Å². The summed E-state index contributed by atoms with van der Waals surface area (Å²) in [4.78, 5) is 22.9. The molecule has 7 nitrogen and oxygen atoms in total. The second-order valence-electron chi connectivity index (χ2n) is 6.23. The number of carbonyl (C=O) groups is 1. The van der Waals surface area contributed by atoms with E-state index >= 15 is 0 Å². The summed E-state index contributed by atoms with van der Waals surface area (Å²) in [6.07, 6.45) is 7.80. The lowest BCUT2D eigenvalue weighted by Crippen LogP contribution is -2.32. The molecule has 3 rings (SSSR count). The van der Waals surface area contributed by atoms with Gasteiger partial charge in [0.15, 0.2) is 0 Å². The number of nitrogens with one attached hydrogen (secondary N) is 1. The maximum Gasteiger partial charge on any atom is 0.254 e. The molecule has 2 aromatic heterocycles. The SMILES string of the molecule is CN(C)c1ccncc1C(=O)NC[C@@H]1CCO[C@H]1c1nccn1C. The minimum absolute atomic E-state index is 0.0764. The van der Waals surface area contributed by atoms with Crippen LogP contribution in [0.4, 0.5) is 5.69 Å².